The summed E-state index contributed by atoms with van der Waals surface area (Å²) < 4.78 is 16.3. The van der Waals surface area contributed by atoms with Crippen molar-refractivity contribution in [2.24, 2.45) is 0 Å². The molecule has 3 nitrogen and oxygen atoms in total. The van der Waals surface area contributed by atoms with E-state index in [-0.39, 0.29) is 6.10 Å². The Bertz CT molecular complexity index is 404. The predicted molar refractivity (Wildman–Crippen MR) is 73.7 cm³/mol. The first-order valence-electron chi connectivity index (χ1n) is 5.81. The van der Waals surface area contributed by atoms with Crippen LogP contribution in [-0.4, -0.2) is 26.4 Å². The van der Waals surface area contributed by atoms with Crippen molar-refractivity contribution in [3.63, 3.8) is 0 Å². The number of hydrogen-bond donors (Lipinski definition) is 0. The van der Waals surface area contributed by atoms with Gasteiger partial charge in [-0.25, -0.2) is 0 Å². The molecule has 100 valence electrons. The summed E-state index contributed by atoms with van der Waals surface area (Å²) in [5, 5.41) is 0.549. The van der Waals surface area contributed by atoms with Crippen LogP contribution >= 0.6 is 11.6 Å². The van der Waals surface area contributed by atoms with Crippen molar-refractivity contribution < 1.29 is 14.2 Å². The molecular weight excluding hydrogens is 252 g/mol. The van der Waals surface area contributed by atoms with Gasteiger partial charge in [-0.1, -0.05) is 18.2 Å². The van der Waals surface area contributed by atoms with E-state index in [1.54, 1.807) is 25.3 Å². The van der Waals surface area contributed by atoms with Gasteiger partial charge in [-0.2, -0.15) is 0 Å². The van der Waals surface area contributed by atoms with Crippen LogP contribution in [0.5, 0.6) is 11.5 Å². The molecule has 18 heavy (non-hydrogen) atoms. The van der Waals surface area contributed by atoms with Crippen LogP contribution in [-0.2, 0) is 4.74 Å². The highest BCUT2D eigenvalue weighted by Gasteiger charge is 2.12. The first-order chi connectivity index (χ1) is 8.58. The maximum absolute atomic E-state index is 6.05. The van der Waals surface area contributed by atoms with Gasteiger partial charge in [0.15, 0.2) is 0 Å². The Labute approximate surface area is 113 Å². The number of benzene rings is 1. The van der Waals surface area contributed by atoms with Crippen LogP contribution in [0, 0.1) is 0 Å². The zero-order chi connectivity index (χ0) is 13.5. The van der Waals surface area contributed by atoms with E-state index in [2.05, 4.69) is 6.58 Å². The largest absolute Gasteiger partial charge is 0.497 e. The number of hydrogen-bond acceptors (Lipinski definition) is 3. The van der Waals surface area contributed by atoms with E-state index in [1.165, 1.54) is 0 Å². The summed E-state index contributed by atoms with van der Waals surface area (Å²) in [6.07, 6.45) is -0.128. The van der Waals surface area contributed by atoms with Crippen molar-refractivity contribution >= 4 is 11.6 Å². The van der Waals surface area contributed by atoms with Gasteiger partial charge in [0.05, 0.1) is 12.1 Å². The maximum Gasteiger partial charge on any atom is 0.141 e. The third kappa shape index (κ3) is 4.24. The molecule has 0 amide bonds. The third-order valence-corrected chi connectivity index (χ3v) is 2.76. The monoisotopic (exact) mass is 270 g/mol. The van der Waals surface area contributed by atoms with E-state index in [0.717, 1.165) is 5.57 Å². The molecule has 1 aromatic rings. The van der Waals surface area contributed by atoms with Gasteiger partial charge in [0.1, 0.15) is 24.2 Å². The molecule has 0 saturated heterocycles. The van der Waals surface area contributed by atoms with Crippen LogP contribution in [0.3, 0.4) is 0 Å². The average Bonchev–Trinajstić information content (AvgIpc) is 2.35. The second kappa shape index (κ2) is 7.29. The Morgan fingerprint density at radius 3 is 2.72 bits per heavy atom. The molecule has 0 N–H and O–H groups in total. The molecule has 1 aromatic carbocycles. The van der Waals surface area contributed by atoms with Crippen molar-refractivity contribution in [1.82, 2.24) is 0 Å². The molecule has 0 aromatic heterocycles. The second-order valence-electron chi connectivity index (χ2n) is 3.90. The van der Waals surface area contributed by atoms with Crippen molar-refractivity contribution in [2.45, 2.75) is 20.0 Å². The lowest BCUT2D eigenvalue weighted by molar-refractivity contribution is 0.0516. The Hall–Kier alpha value is -1.19. The van der Waals surface area contributed by atoms with Gasteiger partial charge in [-0.3, -0.25) is 0 Å². The van der Waals surface area contributed by atoms with Crippen molar-refractivity contribution in [1.29, 1.82) is 0 Å². The first kappa shape index (κ1) is 14.9. The van der Waals surface area contributed by atoms with Gasteiger partial charge in [0.25, 0.3) is 0 Å². The highest BCUT2D eigenvalue weighted by atomic mass is 35.5. The van der Waals surface area contributed by atoms with Gasteiger partial charge in [-0.05, 0) is 31.6 Å². The van der Waals surface area contributed by atoms with Crippen molar-refractivity contribution in [2.75, 3.05) is 20.3 Å². The molecule has 1 rings (SSSR count). The van der Waals surface area contributed by atoms with Crippen molar-refractivity contribution in [3.8, 4) is 11.5 Å². The fraction of sp³-hybridized carbons (Fsp3) is 0.429. The lowest BCUT2D eigenvalue weighted by Gasteiger charge is -2.18. The molecule has 0 saturated carbocycles. The van der Waals surface area contributed by atoms with E-state index in [9.17, 15) is 0 Å². The van der Waals surface area contributed by atoms with E-state index in [4.69, 9.17) is 25.8 Å². The third-order valence-electron chi connectivity index (χ3n) is 2.45. The van der Waals surface area contributed by atoms with Crippen LogP contribution in [0.4, 0.5) is 0 Å². The SMILES string of the molecule is C=C(C)C(COc1cc(OC)ccc1Cl)OCC. The molecule has 0 heterocycles. The maximum atomic E-state index is 6.05. The fourth-order valence-electron chi connectivity index (χ4n) is 1.42. The molecular formula is C14H19ClO3. The van der Waals surface area contributed by atoms with Crippen molar-refractivity contribution in [3.05, 3.63) is 35.4 Å². The number of methoxy groups -OCH3 is 1. The van der Waals surface area contributed by atoms with Crippen LogP contribution < -0.4 is 9.47 Å². The zero-order valence-corrected chi connectivity index (χ0v) is 11.8. The van der Waals surface area contributed by atoms with Crippen LogP contribution in [0.25, 0.3) is 0 Å². The van der Waals surface area contributed by atoms with E-state index < -0.39 is 0 Å². The topological polar surface area (TPSA) is 27.7 Å². The smallest absolute Gasteiger partial charge is 0.141 e. The van der Waals surface area contributed by atoms with Gasteiger partial charge < -0.3 is 14.2 Å². The summed E-state index contributed by atoms with van der Waals surface area (Å²) in [6, 6.07) is 5.28. The molecule has 0 radical (unpaired) electrons. The van der Waals surface area contributed by atoms with E-state index in [1.807, 2.05) is 13.8 Å². The minimum atomic E-state index is -0.128. The standard InChI is InChI=1S/C14H19ClO3/c1-5-17-14(10(2)3)9-18-13-8-11(16-4)6-7-12(13)15/h6-8,14H,2,5,9H2,1,3-4H3. The fourth-order valence-corrected chi connectivity index (χ4v) is 1.59. The van der Waals surface area contributed by atoms with Crippen LogP contribution in [0.2, 0.25) is 5.02 Å². The van der Waals surface area contributed by atoms with E-state index >= 15 is 0 Å². The van der Waals surface area contributed by atoms with Gasteiger partial charge in [0, 0.05) is 12.7 Å². The Morgan fingerprint density at radius 2 is 2.17 bits per heavy atom. The van der Waals surface area contributed by atoms with Gasteiger partial charge in [0.2, 0.25) is 0 Å². The lowest BCUT2D eigenvalue weighted by atomic mass is 10.2. The number of ether oxygens (including phenoxy) is 3. The number of rotatable bonds is 7. The molecule has 0 bridgehead atoms. The Balaban J connectivity index is 2.69. The highest BCUT2D eigenvalue weighted by Crippen LogP contribution is 2.29. The quantitative estimate of drug-likeness (QED) is 0.707. The Kier molecular flexibility index (Phi) is 6.02. The highest BCUT2D eigenvalue weighted by molar-refractivity contribution is 6.32. The minimum absolute atomic E-state index is 0.128. The second-order valence-corrected chi connectivity index (χ2v) is 4.30. The Morgan fingerprint density at radius 1 is 1.44 bits per heavy atom. The molecule has 4 heteroatoms. The average molecular weight is 271 g/mol. The first-order valence-corrected chi connectivity index (χ1v) is 6.19. The predicted octanol–water partition coefficient (Wildman–Crippen LogP) is 3.71. The molecule has 0 spiro atoms. The summed E-state index contributed by atoms with van der Waals surface area (Å²) in [7, 11) is 1.60. The molecule has 1 atom stereocenters. The molecule has 0 aliphatic carbocycles. The number of halogens is 1. The lowest BCUT2D eigenvalue weighted by Crippen LogP contribution is -2.22. The minimum Gasteiger partial charge on any atom is -0.497 e. The summed E-state index contributed by atoms with van der Waals surface area (Å²) >= 11 is 6.05. The molecule has 0 aliphatic heterocycles. The summed E-state index contributed by atoms with van der Waals surface area (Å²) in [5.41, 5.74) is 0.927. The van der Waals surface area contributed by atoms with Crippen LogP contribution in [0.1, 0.15) is 13.8 Å². The summed E-state index contributed by atoms with van der Waals surface area (Å²) in [5.74, 6) is 1.29. The van der Waals surface area contributed by atoms with Gasteiger partial charge in [-0.15, -0.1) is 0 Å². The summed E-state index contributed by atoms with van der Waals surface area (Å²) in [6.45, 7) is 8.74. The molecule has 0 aliphatic rings. The molecule has 0 fully saturated rings. The normalized spacial score (nSPS) is 12.0. The summed E-state index contributed by atoms with van der Waals surface area (Å²) in [4.78, 5) is 0. The molecule has 1 unspecified atom stereocenters. The van der Waals surface area contributed by atoms with E-state index in [0.29, 0.717) is 29.7 Å². The van der Waals surface area contributed by atoms with Gasteiger partial charge >= 0.3 is 0 Å². The van der Waals surface area contributed by atoms with Crippen LogP contribution in [0.15, 0.2) is 30.4 Å². The zero-order valence-electron chi connectivity index (χ0n) is 11.0.